The van der Waals surface area contributed by atoms with Crippen LogP contribution in [0.25, 0.3) is 0 Å². The van der Waals surface area contributed by atoms with E-state index in [-0.39, 0.29) is 4.90 Å². The van der Waals surface area contributed by atoms with E-state index in [0.717, 1.165) is 4.47 Å². The van der Waals surface area contributed by atoms with Gasteiger partial charge in [-0.2, -0.15) is 13.5 Å². The van der Waals surface area contributed by atoms with Crippen molar-refractivity contribution >= 4 is 55.4 Å². The molecule has 0 amide bonds. The maximum absolute atomic E-state index is 12.0. The molecule has 0 unspecified atom stereocenters. The molecule has 0 fully saturated rings. The zero-order valence-electron chi connectivity index (χ0n) is 10.4. The summed E-state index contributed by atoms with van der Waals surface area (Å²) in [6, 6.07) is 11.1. The summed E-state index contributed by atoms with van der Waals surface area (Å²) in [6.07, 6.45) is 1.26. The Morgan fingerprint density at radius 3 is 2.19 bits per heavy atom. The van der Waals surface area contributed by atoms with Crippen molar-refractivity contribution in [1.82, 2.24) is 4.83 Å². The molecule has 21 heavy (non-hydrogen) atoms. The van der Waals surface area contributed by atoms with Crippen LogP contribution >= 0.6 is 39.1 Å². The van der Waals surface area contributed by atoms with E-state index in [9.17, 15) is 8.42 Å². The number of nitrogens with one attached hydrogen (secondary N) is 1. The Kier molecular flexibility index (Phi) is 5.27. The largest absolute Gasteiger partial charge is 0.276 e. The van der Waals surface area contributed by atoms with Crippen LogP contribution in [0.2, 0.25) is 10.0 Å². The molecule has 0 radical (unpaired) electrons. The Labute approximate surface area is 141 Å². The first-order chi connectivity index (χ1) is 9.90. The Morgan fingerprint density at radius 2 is 1.62 bits per heavy atom. The van der Waals surface area contributed by atoms with Gasteiger partial charge in [-0.3, -0.25) is 0 Å². The Bertz CT molecular complexity index is 757. The third kappa shape index (κ3) is 4.20. The van der Waals surface area contributed by atoms with E-state index in [4.69, 9.17) is 23.2 Å². The van der Waals surface area contributed by atoms with Crippen molar-refractivity contribution in [3.63, 3.8) is 0 Å². The summed E-state index contributed by atoms with van der Waals surface area (Å²) >= 11 is 15.1. The molecule has 0 heterocycles. The average Bonchev–Trinajstić information content (AvgIpc) is 2.42. The number of hydrogen-bond acceptors (Lipinski definition) is 3. The monoisotopic (exact) mass is 406 g/mol. The van der Waals surface area contributed by atoms with Gasteiger partial charge >= 0.3 is 0 Å². The minimum atomic E-state index is -3.73. The number of sulfonamides is 1. The molecule has 0 aliphatic carbocycles. The first kappa shape index (κ1) is 16.3. The zero-order chi connectivity index (χ0) is 15.5. The number of benzene rings is 2. The van der Waals surface area contributed by atoms with Gasteiger partial charge in [0.1, 0.15) is 0 Å². The molecule has 2 rings (SSSR count). The molecule has 0 saturated heterocycles. The number of hydrazone groups is 1. The standard InChI is InChI=1S/C13H9BrCl2N2O2S/c14-9-4-6-10(7-5-9)21(19,20)18-17-8-11-12(15)2-1-3-13(11)16/h1-8,18H. The van der Waals surface area contributed by atoms with Gasteiger partial charge in [0, 0.05) is 10.0 Å². The SMILES string of the molecule is O=S(=O)(NN=Cc1c(Cl)cccc1Cl)c1ccc(Br)cc1. The van der Waals surface area contributed by atoms with Crippen molar-refractivity contribution in [2.24, 2.45) is 5.10 Å². The van der Waals surface area contributed by atoms with Gasteiger partial charge in [0.25, 0.3) is 10.0 Å². The van der Waals surface area contributed by atoms with Gasteiger partial charge in [-0.15, -0.1) is 0 Å². The lowest BCUT2D eigenvalue weighted by atomic mass is 10.2. The summed E-state index contributed by atoms with van der Waals surface area (Å²) in [4.78, 5) is 2.21. The topological polar surface area (TPSA) is 58.5 Å². The van der Waals surface area contributed by atoms with Crippen LogP contribution in [0.1, 0.15) is 5.56 Å². The fourth-order valence-electron chi connectivity index (χ4n) is 1.46. The second-order valence-electron chi connectivity index (χ2n) is 3.94. The number of hydrogen-bond donors (Lipinski definition) is 1. The van der Waals surface area contributed by atoms with Crippen molar-refractivity contribution in [2.45, 2.75) is 4.90 Å². The Balaban J connectivity index is 2.19. The van der Waals surface area contributed by atoms with Gasteiger partial charge in [-0.25, -0.2) is 4.83 Å². The van der Waals surface area contributed by atoms with Gasteiger partial charge in [-0.1, -0.05) is 45.2 Å². The van der Waals surface area contributed by atoms with Crippen LogP contribution in [-0.2, 0) is 10.0 Å². The Hall–Kier alpha value is -1.08. The first-order valence-corrected chi connectivity index (χ1v) is 8.68. The second-order valence-corrected chi connectivity index (χ2v) is 7.33. The quantitative estimate of drug-likeness (QED) is 0.613. The lowest BCUT2D eigenvalue weighted by molar-refractivity contribution is 0.584. The predicted octanol–water partition coefficient (Wildman–Crippen LogP) is 4.07. The third-order valence-electron chi connectivity index (χ3n) is 2.49. The molecule has 1 N–H and O–H groups in total. The average molecular weight is 408 g/mol. The predicted molar refractivity (Wildman–Crippen MR) is 88.5 cm³/mol. The molecule has 0 aliphatic rings. The van der Waals surface area contributed by atoms with Crippen LogP contribution in [0, 0.1) is 0 Å². The molecule has 110 valence electrons. The third-order valence-corrected chi connectivity index (χ3v) is 4.92. The summed E-state index contributed by atoms with van der Waals surface area (Å²) in [6.45, 7) is 0. The van der Waals surface area contributed by atoms with Crippen molar-refractivity contribution in [2.75, 3.05) is 0 Å². The minimum absolute atomic E-state index is 0.105. The van der Waals surface area contributed by atoms with Crippen LogP contribution < -0.4 is 4.83 Å². The van der Waals surface area contributed by atoms with E-state index in [1.54, 1.807) is 30.3 Å². The van der Waals surface area contributed by atoms with Gasteiger partial charge in [0.15, 0.2) is 0 Å². The molecule has 0 spiro atoms. The summed E-state index contributed by atoms with van der Waals surface area (Å²) in [5.41, 5.74) is 0.444. The number of halogens is 3. The lowest BCUT2D eigenvalue weighted by Gasteiger charge is -2.04. The molecule has 0 saturated carbocycles. The number of nitrogens with zero attached hydrogens (tertiary/aromatic N) is 1. The van der Waals surface area contributed by atoms with Gasteiger partial charge in [0.05, 0.1) is 21.2 Å². The van der Waals surface area contributed by atoms with Crippen molar-refractivity contribution in [3.05, 3.63) is 62.5 Å². The van der Waals surface area contributed by atoms with Crippen molar-refractivity contribution in [1.29, 1.82) is 0 Å². The smallest absolute Gasteiger partial charge is 0.200 e. The second kappa shape index (κ2) is 6.79. The normalized spacial score (nSPS) is 11.8. The van der Waals surface area contributed by atoms with E-state index >= 15 is 0 Å². The molecule has 0 aliphatic heterocycles. The van der Waals surface area contributed by atoms with Crippen LogP contribution in [0.15, 0.2) is 56.9 Å². The summed E-state index contributed by atoms with van der Waals surface area (Å²) in [7, 11) is -3.73. The van der Waals surface area contributed by atoms with Crippen LogP contribution in [0.5, 0.6) is 0 Å². The summed E-state index contributed by atoms with van der Waals surface area (Å²) in [5, 5.41) is 4.46. The van der Waals surface area contributed by atoms with Crippen LogP contribution in [0.3, 0.4) is 0 Å². The molecule has 2 aromatic carbocycles. The first-order valence-electron chi connectivity index (χ1n) is 5.64. The highest BCUT2D eigenvalue weighted by Gasteiger charge is 2.12. The minimum Gasteiger partial charge on any atom is -0.200 e. The molecule has 4 nitrogen and oxygen atoms in total. The Morgan fingerprint density at radius 1 is 1.05 bits per heavy atom. The maximum atomic E-state index is 12.0. The molecule has 8 heteroatoms. The van der Waals surface area contributed by atoms with E-state index in [1.807, 2.05) is 0 Å². The lowest BCUT2D eigenvalue weighted by Crippen LogP contribution is -2.18. The van der Waals surface area contributed by atoms with Gasteiger partial charge in [-0.05, 0) is 36.4 Å². The molecule has 0 bridgehead atoms. The maximum Gasteiger partial charge on any atom is 0.276 e. The highest BCUT2D eigenvalue weighted by molar-refractivity contribution is 9.10. The van der Waals surface area contributed by atoms with Crippen LogP contribution in [0.4, 0.5) is 0 Å². The van der Waals surface area contributed by atoms with E-state index in [0.29, 0.717) is 15.6 Å². The number of rotatable bonds is 4. The van der Waals surface area contributed by atoms with Crippen molar-refractivity contribution in [3.8, 4) is 0 Å². The molecular formula is C13H9BrCl2N2O2S. The molecule has 0 atom stereocenters. The molecule has 0 aromatic heterocycles. The fraction of sp³-hybridized carbons (Fsp3) is 0. The highest BCUT2D eigenvalue weighted by atomic mass is 79.9. The van der Waals surface area contributed by atoms with Gasteiger partial charge in [0.2, 0.25) is 0 Å². The van der Waals surface area contributed by atoms with E-state index in [2.05, 4.69) is 25.9 Å². The van der Waals surface area contributed by atoms with E-state index in [1.165, 1.54) is 18.3 Å². The summed E-state index contributed by atoms with van der Waals surface area (Å²) < 4.78 is 24.8. The van der Waals surface area contributed by atoms with Gasteiger partial charge < -0.3 is 0 Å². The van der Waals surface area contributed by atoms with Crippen LogP contribution in [-0.4, -0.2) is 14.6 Å². The highest BCUT2D eigenvalue weighted by Crippen LogP contribution is 2.22. The molecule has 2 aromatic rings. The fourth-order valence-corrected chi connectivity index (χ4v) is 3.01. The van der Waals surface area contributed by atoms with E-state index < -0.39 is 10.0 Å². The summed E-state index contributed by atoms with van der Waals surface area (Å²) in [5.74, 6) is 0. The zero-order valence-corrected chi connectivity index (χ0v) is 14.3. The van der Waals surface area contributed by atoms with Crippen molar-refractivity contribution < 1.29 is 8.42 Å². The molecular weight excluding hydrogens is 399 g/mol.